The van der Waals surface area contributed by atoms with E-state index < -0.39 is 5.97 Å². The summed E-state index contributed by atoms with van der Waals surface area (Å²) in [5.41, 5.74) is 2.01. The summed E-state index contributed by atoms with van der Waals surface area (Å²) in [5, 5.41) is 5.19. The average Bonchev–Trinajstić information content (AvgIpc) is 3.25. The third-order valence-corrected chi connectivity index (χ3v) is 4.94. The standard InChI is InChI=1S/C21H20N2O5S/c1-26-17-8-6-14(7-9-17)21-23-16(13-29-21)12-28-19(24)11-22-20(25)15-4-3-5-18(10-15)27-2/h3-10,13H,11-12H2,1-2H3,(H,22,25). The number of esters is 1. The average molecular weight is 412 g/mol. The molecule has 7 nitrogen and oxygen atoms in total. The number of benzene rings is 2. The molecule has 0 aliphatic rings. The Kier molecular flexibility index (Phi) is 6.80. The maximum Gasteiger partial charge on any atom is 0.325 e. The largest absolute Gasteiger partial charge is 0.497 e. The summed E-state index contributed by atoms with van der Waals surface area (Å²) in [6.45, 7) is -0.188. The molecule has 2 aromatic carbocycles. The molecule has 0 fully saturated rings. The molecule has 0 saturated carbocycles. The van der Waals surface area contributed by atoms with Gasteiger partial charge in [-0.05, 0) is 42.5 Å². The van der Waals surface area contributed by atoms with Crippen LogP contribution in [0.15, 0.2) is 53.9 Å². The van der Waals surface area contributed by atoms with Gasteiger partial charge in [0, 0.05) is 16.5 Å². The number of hydrogen-bond acceptors (Lipinski definition) is 7. The van der Waals surface area contributed by atoms with Gasteiger partial charge in [0.2, 0.25) is 0 Å². The van der Waals surface area contributed by atoms with Crippen molar-refractivity contribution >= 4 is 23.2 Å². The highest BCUT2D eigenvalue weighted by molar-refractivity contribution is 7.13. The van der Waals surface area contributed by atoms with Crippen LogP contribution in [0.4, 0.5) is 0 Å². The van der Waals surface area contributed by atoms with Crippen LogP contribution < -0.4 is 14.8 Å². The van der Waals surface area contributed by atoms with E-state index in [1.165, 1.54) is 18.4 Å². The lowest BCUT2D eigenvalue weighted by Crippen LogP contribution is -2.30. The second kappa shape index (κ2) is 9.70. The summed E-state index contributed by atoms with van der Waals surface area (Å²) in [6.07, 6.45) is 0. The number of amides is 1. The number of rotatable bonds is 8. The molecule has 3 rings (SSSR count). The number of hydrogen-bond donors (Lipinski definition) is 1. The van der Waals surface area contributed by atoms with Gasteiger partial charge in [-0.2, -0.15) is 0 Å². The fourth-order valence-electron chi connectivity index (χ4n) is 2.46. The summed E-state index contributed by atoms with van der Waals surface area (Å²) < 4.78 is 15.4. The van der Waals surface area contributed by atoms with Crippen LogP contribution in [0.3, 0.4) is 0 Å². The van der Waals surface area contributed by atoms with E-state index in [-0.39, 0.29) is 19.1 Å². The highest BCUT2D eigenvalue weighted by Crippen LogP contribution is 2.25. The van der Waals surface area contributed by atoms with Gasteiger partial charge < -0.3 is 19.5 Å². The maximum atomic E-state index is 12.1. The van der Waals surface area contributed by atoms with E-state index in [2.05, 4.69) is 10.3 Å². The minimum Gasteiger partial charge on any atom is -0.497 e. The number of nitrogens with zero attached hydrogens (tertiary/aromatic N) is 1. The predicted molar refractivity (Wildman–Crippen MR) is 109 cm³/mol. The highest BCUT2D eigenvalue weighted by atomic mass is 32.1. The molecular formula is C21H20N2O5S. The van der Waals surface area contributed by atoms with E-state index in [4.69, 9.17) is 14.2 Å². The molecule has 8 heteroatoms. The van der Waals surface area contributed by atoms with Crippen molar-refractivity contribution in [1.82, 2.24) is 10.3 Å². The zero-order chi connectivity index (χ0) is 20.6. The number of aromatic nitrogens is 1. The predicted octanol–water partition coefficient (Wildman–Crippen LogP) is 3.30. The van der Waals surface area contributed by atoms with Gasteiger partial charge in [-0.15, -0.1) is 11.3 Å². The van der Waals surface area contributed by atoms with Crippen LogP contribution in [0, 0.1) is 0 Å². The van der Waals surface area contributed by atoms with Crippen molar-refractivity contribution in [1.29, 1.82) is 0 Å². The van der Waals surface area contributed by atoms with E-state index in [0.29, 0.717) is 17.0 Å². The van der Waals surface area contributed by atoms with Crippen LogP contribution in [-0.4, -0.2) is 37.6 Å². The third-order valence-electron chi connectivity index (χ3n) is 3.99. The molecule has 150 valence electrons. The lowest BCUT2D eigenvalue weighted by Gasteiger charge is -2.07. The van der Waals surface area contributed by atoms with Gasteiger partial charge in [0.1, 0.15) is 29.7 Å². The molecule has 29 heavy (non-hydrogen) atoms. The first-order valence-electron chi connectivity index (χ1n) is 8.75. The molecular weight excluding hydrogens is 392 g/mol. The first-order chi connectivity index (χ1) is 14.1. The van der Waals surface area contributed by atoms with Gasteiger partial charge in [0.15, 0.2) is 0 Å². The first-order valence-corrected chi connectivity index (χ1v) is 9.63. The second-order valence-corrected chi connectivity index (χ2v) is 6.81. The molecule has 0 aliphatic heterocycles. The second-order valence-electron chi connectivity index (χ2n) is 5.95. The monoisotopic (exact) mass is 412 g/mol. The molecule has 1 amide bonds. The van der Waals surface area contributed by atoms with E-state index in [9.17, 15) is 9.59 Å². The Balaban J connectivity index is 1.48. The van der Waals surface area contributed by atoms with Crippen molar-refractivity contribution in [3.63, 3.8) is 0 Å². The Bertz CT molecular complexity index is 985. The first kappa shape index (κ1) is 20.3. The Morgan fingerprint density at radius 2 is 1.79 bits per heavy atom. The zero-order valence-corrected chi connectivity index (χ0v) is 16.8. The molecule has 0 aliphatic carbocycles. The normalized spacial score (nSPS) is 10.3. The molecule has 1 N–H and O–H groups in total. The van der Waals surface area contributed by atoms with Crippen molar-refractivity contribution in [2.75, 3.05) is 20.8 Å². The summed E-state index contributed by atoms with van der Waals surface area (Å²) >= 11 is 1.46. The van der Waals surface area contributed by atoms with Crippen LogP contribution in [0.2, 0.25) is 0 Å². The summed E-state index contributed by atoms with van der Waals surface area (Å²) in [5.74, 6) is 0.420. The van der Waals surface area contributed by atoms with Gasteiger partial charge >= 0.3 is 5.97 Å². The smallest absolute Gasteiger partial charge is 0.325 e. The Hall–Kier alpha value is -3.39. The van der Waals surface area contributed by atoms with Crippen LogP contribution in [0.1, 0.15) is 16.1 Å². The minimum absolute atomic E-state index is 0.0422. The van der Waals surface area contributed by atoms with Crippen LogP contribution in [0.25, 0.3) is 10.6 Å². The molecule has 0 spiro atoms. The van der Waals surface area contributed by atoms with Gasteiger partial charge in [0.25, 0.3) is 5.91 Å². The molecule has 3 aromatic rings. The molecule has 0 bridgehead atoms. The number of methoxy groups -OCH3 is 2. The van der Waals surface area contributed by atoms with Crippen molar-refractivity contribution in [2.24, 2.45) is 0 Å². The van der Waals surface area contributed by atoms with E-state index >= 15 is 0 Å². The molecule has 0 saturated heterocycles. The molecule has 0 unspecified atom stereocenters. The molecule has 1 aromatic heterocycles. The van der Waals surface area contributed by atoms with Crippen LogP contribution in [0.5, 0.6) is 11.5 Å². The van der Waals surface area contributed by atoms with Gasteiger partial charge in [-0.25, -0.2) is 4.98 Å². The summed E-state index contributed by atoms with van der Waals surface area (Å²) in [4.78, 5) is 28.5. The lowest BCUT2D eigenvalue weighted by atomic mass is 10.2. The van der Waals surface area contributed by atoms with Gasteiger partial charge in [0.05, 0.1) is 19.9 Å². The van der Waals surface area contributed by atoms with Crippen LogP contribution >= 0.6 is 11.3 Å². The van der Waals surface area contributed by atoms with E-state index in [1.54, 1.807) is 31.4 Å². The number of carbonyl (C=O) groups is 2. The van der Waals surface area contributed by atoms with E-state index in [0.717, 1.165) is 16.3 Å². The van der Waals surface area contributed by atoms with Crippen molar-refractivity contribution < 1.29 is 23.8 Å². The number of ether oxygens (including phenoxy) is 3. The van der Waals surface area contributed by atoms with Crippen molar-refractivity contribution in [3.05, 3.63) is 65.2 Å². The van der Waals surface area contributed by atoms with E-state index in [1.807, 2.05) is 29.6 Å². The quantitative estimate of drug-likeness (QED) is 0.572. The van der Waals surface area contributed by atoms with Crippen molar-refractivity contribution in [3.8, 4) is 22.1 Å². The maximum absolute atomic E-state index is 12.1. The molecule has 1 heterocycles. The fraction of sp³-hybridized carbons (Fsp3) is 0.190. The Labute approximate surface area is 172 Å². The Morgan fingerprint density at radius 3 is 2.52 bits per heavy atom. The summed E-state index contributed by atoms with van der Waals surface area (Å²) in [7, 11) is 3.14. The number of thiazole rings is 1. The van der Waals surface area contributed by atoms with Crippen LogP contribution in [-0.2, 0) is 16.1 Å². The molecule has 0 radical (unpaired) electrons. The molecule has 0 atom stereocenters. The minimum atomic E-state index is -0.541. The van der Waals surface area contributed by atoms with Crippen molar-refractivity contribution in [2.45, 2.75) is 6.61 Å². The van der Waals surface area contributed by atoms with Gasteiger partial charge in [-0.3, -0.25) is 9.59 Å². The van der Waals surface area contributed by atoms with Gasteiger partial charge in [-0.1, -0.05) is 6.07 Å². The Morgan fingerprint density at radius 1 is 1.03 bits per heavy atom. The lowest BCUT2D eigenvalue weighted by molar-refractivity contribution is -0.143. The fourth-order valence-corrected chi connectivity index (χ4v) is 3.27. The topological polar surface area (TPSA) is 86.8 Å². The zero-order valence-electron chi connectivity index (χ0n) is 16.0. The SMILES string of the molecule is COc1ccc(-c2nc(COC(=O)CNC(=O)c3cccc(OC)c3)cs2)cc1. The number of nitrogens with one attached hydrogen (secondary N) is 1. The third kappa shape index (κ3) is 5.55. The summed E-state index contributed by atoms with van der Waals surface area (Å²) in [6, 6.07) is 14.2. The number of carbonyl (C=O) groups excluding carboxylic acids is 2. The highest BCUT2D eigenvalue weighted by Gasteiger charge is 2.11.